The molecule has 27 heavy (non-hydrogen) atoms. The molecule has 0 radical (unpaired) electrons. The van der Waals surface area contributed by atoms with Crippen molar-refractivity contribution in [2.24, 2.45) is 16.8 Å². The molecule has 2 fully saturated rings. The molecular formula is C20H36N6S. The molecule has 2 atom stereocenters. The first kappa shape index (κ1) is 20.5. The summed E-state index contributed by atoms with van der Waals surface area (Å²) in [6.45, 7) is 7.83. The number of aryl methyl sites for hydroxylation is 1. The van der Waals surface area contributed by atoms with Gasteiger partial charge >= 0.3 is 0 Å². The Kier molecular flexibility index (Phi) is 7.44. The minimum atomic E-state index is 0.606. The van der Waals surface area contributed by atoms with E-state index in [4.69, 9.17) is 0 Å². The quantitative estimate of drug-likeness (QED) is 0.347. The molecule has 1 aliphatic heterocycles. The molecule has 0 amide bonds. The average Bonchev–Trinajstić information content (AvgIpc) is 3.29. The van der Waals surface area contributed by atoms with Crippen molar-refractivity contribution in [3.63, 3.8) is 0 Å². The maximum absolute atomic E-state index is 4.52. The first-order valence-corrected chi connectivity index (χ1v) is 11.8. The van der Waals surface area contributed by atoms with E-state index in [2.05, 4.69) is 50.1 Å². The number of rotatable bonds is 6. The zero-order valence-corrected chi connectivity index (χ0v) is 18.3. The number of thioether (sulfide) groups is 1. The fourth-order valence-electron chi connectivity index (χ4n) is 4.76. The van der Waals surface area contributed by atoms with Crippen molar-refractivity contribution in [3.05, 3.63) is 5.82 Å². The van der Waals surface area contributed by atoms with E-state index in [1.165, 1.54) is 32.1 Å². The molecule has 0 bridgehead atoms. The number of hydrogen-bond donors (Lipinski definition) is 1. The van der Waals surface area contributed by atoms with Gasteiger partial charge in [0.1, 0.15) is 5.82 Å². The van der Waals surface area contributed by atoms with Crippen LogP contribution in [0.5, 0.6) is 0 Å². The van der Waals surface area contributed by atoms with E-state index >= 15 is 0 Å². The third-order valence-electron chi connectivity index (χ3n) is 5.85. The van der Waals surface area contributed by atoms with Crippen molar-refractivity contribution < 1.29 is 0 Å². The molecule has 2 heterocycles. The second-order valence-electron chi connectivity index (χ2n) is 8.34. The van der Waals surface area contributed by atoms with Gasteiger partial charge in [-0.2, -0.15) is 0 Å². The van der Waals surface area contributed by atoms with E-state index in [0.717, 1.165) is 61.3 Å². The summed E-state index contributed by atoms with van der Waals surface area (Å²) in [5.74, 6) is 3.68. The zero-order valence-electron chi connectivity index (χ0n) is 17.4. The van der Waals surface area contributed by atoms with Gasteiger partial charge in [-0.3, -0.25) is 4.99 Å². The lowest BCUT2D eigenvalue weighted by atomic mass is 9.92. The van der Waals surface area contributed by atoms with Gasteiger partial charge in [0, 0.05) is 39.1 Å². The molecule has 1 aromatic rings. The maximum atomic E-state index is 4.52. The summed E-state index contributed by atoms with van der Waals surface area (Å²) in [5.41, 5.74) is 0. The number of hydrogen-bond acceptors (Lipinski definition) is 4. The molecule has 0 spiro atoms. The Morgan fingerprint density at radius 2 is 1.89 bits per heavy atom. The summed E-state index contributed by atoms with van der Waals surface area (Å²) >= 11 is 1.72. The van der Waals surface area contributed by atoms with Crippen LogP contribution in [0.3, 0.4) is 0 Å². The SMILES string of the molecule is CN=C(NCCCc1nnc(SC)n1C1CCCC1)N1CC(C)CC(C)C1. The highest BCUT2D eigenvalue weighted by Crippen LogP contribution is 2.33. The highest BCUT2D eigenvalue weighted by molar-refractivity contribution is 7.98. The van der Waals surface area contributed by atoms with Crippen molar-refractivity contribution in [1.29, 1.82) is 0 Å². The summed E-state index contributed by atoms with van der Waals surface area (Å²) in [6.07, 6.45) is 10.7. The second kappa shape index (κ2) is 9.80. The van der Waals surface area contributed by atoms with E-state index in [0.29, 0.717) is 6.04 Å². The van der Waals surface area contributed by atoms with Crippen LogP contribution in [-0.2, 0) is 6.42 Å². The van der Waals surface area contributed by atoms with Gasteiger partial charge in [-0.25, -0.2) is 0 Å². The number of nitrogens with zero attached hydrogens (tertiary/aromatic N) is 5. The van der Waals surface area contributed by atoms with Crippen molar-refractivity contribution in [1.82, 2.24) is 25.0 Å². The normalized spacial score (nSPS) is 24.6. The Morgan fingerprint density at radius 3 is 2.52 bits per heavy atom. The van der Waals surface area contributed by atoms with Crippen molar-refractivity contribution in [2.45, 2.75) is 70.0 Å². The monoisotopic (exact) mass is 392 g/mol. The van der Waals surface area contributed by atoms with Crippen molar-refractivity contribution in [2.75, 3.05) is 32.9 Å². The Balaban J connectivity index is 1.52. The molecule has 1 aromatic heterocycles. The van der Waals surface area contributed by atoms with Crippen LogP contribution < -0.4 is 5.32 Å². The molecule has 3 rings (SSSR count). The van der Waals surface area contributed by atoms with Crippen LogP contribution in [0.15, 0.2) is 10.1 Å². The highest BCUT2D eigenvalue weighted by Gasteiger charge is 2.25. The lowest BCUT2D eigenvalue weighted by Gasteiger charge is -2.37. The van der Waals surface area contributed by atoms with E-state index < -0.39 is 0 Å². The van der Waals surface area contributed by atoms with Crippen LogP contribution in [0, 0.1) is 11.8 Å². The zero-order chi connectivity index (χ0) is 19.2. The first-order valence-electron chi connectivity index (χ1n) is 10.6. The van der Waals surface area contributed by atoms with E-state index in [1.54, 1.807) is 11.8 Å². The van der Waals surface area contributed by atoms with Crippen LogP contribution in [0.1, 0.15) is 64.2 Å². The Labute approximate surface area is 168 Å². The molecule has 1 N–H and O–H groups in total. The Bertz CT molecular complexity index is 612. The van der Waals surface area contributed by atoms with Gasteiger partial charge in [0.25, 0.3) is 0 Å². The third-order valence-corrected chi connectivity index (χ3v) is 6.49. The summed E-state index contributed by atoms with van der Waals surface area (Å²) in [4.78, 5) is 6.94. The van der Waals surface area contributed by atoms with Crippen molar-refractivity contribution >= 4 is 17.7 Å². The first-order chi connectivity index (χ1) is 13.1. The average molecular weight is 393 g/mol. The van der Waals surface area contributed by atoms with Gasteiger partial charge in [0.05, 0.1) is 0 Å². The molecule has 1 saturated carbocycles. The molecule has 6 nitrogen and oxygen atoms in total. The van der Waals surface area contributed by atoms with Crippen LogP contribution in [0.4, 0.5) is 0 Å². The summed E-state index contributed by atoms with van der Waals surface area (Å²) in [5, 5.41) is 13.6. The van der Waals surface area contributed by atoms with Gasteiger partial charge in [0.15, 0.2) is 11.1 Å². The molecule has 1 saturated heterocycles. The van der Waals surface area contributed by atoms with Crippen LogP contribution in [0.25, 0.3) is 0 Å². The molecule has 1 aliphatic carbocycles. The molecule has 2 unspecified atom stereocenters. The minimum absolute atomic E-state index is 0.606. The second-order valence-corrected chi connectivity index (χ2v) is 9.11. The topological polar surface area (TPSA) is 58.3 Å². The summed E-state index contributed by atoms with van der Waals surface area (Å²) < 4.78 is 2.42. The number of nitrogens with one attached hydrogen (secondary N) is 1. The third kappa shape index (κ3) is 5.18. The van der Waals surface area contributed by atoms with Gasteiger partial charge in [-0.1, -0.05) is 38.5 Å². The Morgan fingerprint density at radius 1 is 1.19 bits per heavy atom. The molecule has 7 heteroatoms. The van der Waals surface area contributed by atoms with Crippen LogP contribution in [0.2, 0.25) is 0 Å². The fraction of sp³-hybridized carbons (Fsp3) is 0.850. The molecule has 0 aromatic carbocycles. The van der Waals surface area contributed by atoms with Gasteiger partial charge in [-0.15, -0.1) is 10.2 Å². The molecule has 152 valence electrons. The standard InChI is InChI=1S/C20H36N6S/c1-15-12-16(2)14-25(13-15)19(21-3)22-11-7-10-18-23-24-20(27-4)26(18)17-8-5-6-9-17/h15-17H,5-14H2,1-4H3,(H,21,22). The number of likely N-dealkylation sites (tertiary alicyclic amines) is 1. The number of aromatic nitrogens is 3. The predicted octanol–water partition coefficient (Wildman–Crippen LogP) is 3.60. The van der Waals surface area contributed by atoms with E-state index in [1.807, 2.05) is 7.05 Å². The minimum Gasteiger partial charge on any atom is -0.356 e. The van der Waals surface area contributed by atoms with Crippen molar-refractivity contribution in [3.8, 4) is 0 Å². The van der Waals surface area contributed by atoms with E-state index in [9.17, 15) is 0 Å². The fourth-order valence-corrected chi connectivity index (χ4v) is 5.33. The lowest BCUT2D eigenvalue weighted by molar-refractivity contribution is 0.208. The van der Waals surface area contributed by atoms with Gasteiger partial charge < -0.3 is 14.8 Å². The summed E-state index contributed by atoms with van der Waals surface area (Å²) in [7, 11) is 1.90. The molecule has 2 aliphatic rings. The largest absolute Gasteiger partial charge is 0.356 e. The van der Waals surface area contributed by atoms with E-state index in [-0.39, 0.29) is 0 Å². The molecular weight excluding hydrogens is 356 g/mol. The number of guanidine groups is 1. The smallest absolute Gasteiger partial charge is 0.193 e. The maximum Gasteiger partial charge on any atom is 0.193 e. The Hall–Kier alpha value is -1.24. The number of aliphatic imine (C=N–C) groups is 1. The van der Waals surface area contributed by atoms with Gasteiger partial charge in [-0.05, 0) is 43.8 Å². The predicted molar refractivity (Wildman–Crippen MR) is 114 cm³/mol. The van der Waals surface area contributed by atoms with Crippen LogP contribution >= 0.6 is 11.8 Å². The summed E-state index contributed by atoms with van der Waals surface area (Å²) in [6, 6.07) is 0.606. The van der Waals surface area contributed by atoms with Crippen LogP contribution in [-0.4, -0.2) is 58.6 Å². The van der Waals surface area contributed by atoms with Gasteiger partial charge in [0.2, 0.25) is 0 Å². The lowest BCUT2D eigenvalue weighted by Crippen LogP contribution is -2.48. The highest BCUT2D eigenvalue weighted by atomic mass is 32.2. The number of piperidine rings is 1.